The number of halogens is 4. The Hall–Kier alpha value is -4.05. The molecule has 236 valence electrons. The van der Waals surface area contributed by atoms with Gasteiger partial charge in [-0.2, -0.15) is 0 Å². The first kappa shape index (κ1) is 32.9. The topological polar surface area (TPSA) is 59.9 Å². The fourth-order valence-electron chi connectivity index (χ4n) is 5.57. The van der Waals surface area contributed by atoms with Crippen LogP contribution in [-0.2, 0) is 21.3 Å². The molecule has 47 heavy (non-hydrogen) atoms. The summed E-state index contributed by atoms with van der Waals surface area (Å²) in [6, 6.07) is 24.6. The van der Waals surface area contributed by atoms with E-state index >= 15 is 8.78 Å². The zero-order valence-corrected chi connectivity index (χ0v) is 29.4. The first-order valence-electron chi connectivity index (χ1n) is 14.7. The Labute approximate surface area is 289 Å². The molecule has 0 bridgehead atoms. The van der Waals surface area contributed by atoms with Crippen molar-refractivity contribution in [3.05, 3.63) is 153 Å². The van der Waals surface area contributed by atoms with Crippen LogP contribution in [0.4, 0.5) is 8.78 Å². The largest absolute Gasteiger partial charge is 0.264 e. The Bertz CT molecular complexity index is 2110. The highest BCUT2D eigenvalue weighted by Gasteiger charge is 2.20. The number of hydrogen-bond donors (Lipinski definition) is 0. The molecule has 0 spiro atoms. The van der Waals surface area contributed by atoms with Crippen molar-refractivity contribution in [2.75, 3.05) is 0 Å². The summed E-state index contributed by atoms with van der Waals surface area (Å²) in [5, 5.41) is 0. The monoisotopic (exact) mass is 772 g/mol. The molecule has 0 fully saturated rings. The molecule has 4 nitrogen and oxygen atoms in total. The third-order valence-electron chi connectivity index (χ3n) is 8.06. The Morgan fingerprint density at radius 3 is 1.32 bits per heavy atom. The van der Waals surface area contributed by atoms with Crippen molar-refractivity contribution in [3.63, 3.8) is 0 Å². The maximum Gasteiger partial charge on any atom is 0.158 e. The van der Waals surface area contributed by atoms with Crippen molar-refractivity contribution in [1.29, 1.82) is 0 Å². The van der Waals surface area contributed by atoms with Gasteiger partial charge in [-0.3, -0.25) is 9.97 Å². The normalized spacial score (nSPS) is 11.5. The van der Waals surface area contributed by atoms with Crippen LogP contribution in [0.1, 0.15) is 22.3 Å². The summed E-state index contributed by atoms with van der Waals surface area (Å²) in [7, 11) is -3.92. The van der Waals surface area contributed by atoms with E-state index in [0.29, 0.717) is 11.1 Å². The van der Waals surface area contributed by atoms with Crippen LogP contribution >= 0.6 is 31.9 Å². The van der Waals surface area contributed by atoms with E-state index in [1.54, 1.807) is 36.9 Å². The van der Waals surface area contributed by atoms with Gasteiger partial charge in [-0.15, -0.1) is 0 Å². The molecule has 0 N–H and O–H groups in total. The molecule has 2 heterocycles. The maximum atomic E-state index is 15.4. The number of benzene rings is 4. The molecular weight excluding hydrogens is 746 g/mol. The molecule has 0 unspecified atom stereocenters. The first-order valence-corrected chi connectivity index (χ1v) is 18.1. The van der Waals surface area contributed by atoms with Gasteiger partial charge < -0.3 is 0 Å². The molecule has 0 aliphatic heterocycles. The predicted molar refractivity (Wildman–Crippen MR) is 191 cm³/mol. The molecular formula is C38H28Br2F2N2O2S. The number of rotatable bonds is 8. The third-order valence-corrected chi connectivity index (χ3v) is 11.3. The standard InChI is InChI=1S/C38H28Br2F2N2O2S/c1-23-15-25(7-9-35(23)39)31-11-13-43-19-33(31)27-3-5-29(37(41)17-27)21-47(45,46)22-30-6-4-28(18-38(30)42)34-20-44-14-12-32(34)26-8-10-36(40)24(2)16-26/h3-20H,21-22H2,1-2H3. The van der Waals surface area contributed by atoms with E-state index < -0.39 is 33.0 Å². The van der Waals surface area contributed by atoms with Crippen molar-refractivity contribution < 1.29 is 17.2 Å². The molecule has 4 aromatic carbocycles. The summed E-state index contributed by atoms with van der Waals surface area (Å²) in [6.45, 7) is 3.98. The molecule has 9 heteroatoms. The lowest BCUT2D eigenvalue weighted by Crippen LogP contribution is -2.10. The quantitative estimate of drug-likeness (QED) is 0.155. The van der Waals surface area contributed by atoms with Gasteiger partial charge in [0.15, 0.2) is 9.84 Å². The van der Waals surface area contributed by atoms with Crippen molar-refractivity contribution >= 4 is 41.7 Å². The highest BCUT2D eigenvalue weighted by Crippen LogP contribution is 2.36. The highest BCUT2D eigenvalue weighted by molar-refractivity contribution is 9.10. The number of aryl methyl sites for hydroxylation is 2. The minimum Gasteiger partial charge on any atom is -0.264 e. The van der Waals surface area contributed by atoms with Crippen LogP contribution in [0.3, 0.4) is 0 Å². The van der Waals surface area contributed by atoms with E-state index in [9.17, 15) is 8.42 Å². The van der Waals surface area contributed by atoms with Crippen molar-refractivity contribution in [2.45, 2.75) is 25.4 Å². The van der Waals surface area contributed by atoms with Gasteiger partial charge in [-0.1, -0.05) is 80.4 Å². The Kier molecular flexibility index (Phi) is 9.50. The average molecular weight is 775 g/mol. The van der Waals surface area contributed by atoms with Crippen LogP contribution < -0.4 is 0 Å². The molecule has 0 aliphatic rings. The van der Waals surface area contributed by atoms with Crippen LogP contribution in [0.15, 0.2) is 119 Å². The molecule has 0 radical (unpaired) electrons. The summed E-state index contributed by atoms with van der Waals surface area (Å²) in [4.78, 5) is 8.48. The van der Waals surface area contributed by atoms with Gasteiger partial charge in [0.25, 0.3) is 0 Å². The SMILES string of the molecule is Cc1cc(-c2ccncc2-c2ccc(CS(=O)(=O)Cc3ccc(-c4cnccc4-c4ccc(Br)c(C)c4)cc3F)c(F)c2)ccc1Br. The first-order chi connectivity index (χ1) is 22.5. The number of aromatic nitrogens is 2. The van der Waals surface area contributed by atoms with Crippen LogP contribution in [0, 0.1) is 25.5 Å². The zero-order valence-electron chi connectivity index (χ0n) is 25.4. The van der Waals surface area contributed by atoms with Crippen molar-refractivity contribution in [1.82, 2.24) is 9.97 Å². The summed E-state index contributed by atoms with van der Waals surface area (Å²) in [5.41, 5.74) is 8.37. The smallest absolute Gasteiger partial charge is 0.158 e. The van der Waals surface area contributed by atoms with E-state index in [0.717, 1.165) is 53.5 Å². The molecule has 6 aromatic rings. The van der Waals surface area contributed by atoms with E-state index in [1.165, 1.54) is 24.3 Å². The molecule has 0 saturated carbocycles. The van der Waals surface area contributed by atoms with E-state index in [2.05, 4.69) is 41.8 Å². The minimum atomic E-state index is -3.92. The van der Waals surface area contributed by atoms with Gasteiger partial charge in [-0.05, 0) is 94.8 Å². The van der Waals surface area contributed by atoms with Crippen LogP contribution in [0.25, 0.3) is 44.5 Å². The molecule has 2 aromatic heterocycles. The molecule has 0 aliphatic carbocycles. The lowest BCUT2D eigenvalue weighted by Gasteiger charge is -2.13. The van der Waals surface area contributed by atoms with Gasteiger partial charge in [-0.25, -0.2) is 17.2 Å². The second kappa shape index (κ2) is 13.6. The Morgan fingerprint density at radius 2 is 0.936 bits per heavy atom. The fourth-order valence-corrected chi connectivity index (χ4v) is 7.58. The summed E-state index contributed by atoms with van der Waals surface area (Å²) in [6.07, 6.45) is 6.69. The van der Waals surface area contributed by atoms with Gasteiger partial charge >= 0.3 is 0 Å². The van der Waals surface area contributed by atoms with E-state index in [-0.39, 0.29) is 11.1 Å². The second-order valence-electron chi connectivity index (χ2n) is 11.4. The van der Waals surface area contributed by atoms with Crippen molar-refractivity contribution in [2.24, 2.45) is 0 Å². The fraction of sp³-hybridized carbons (Fsp3) is 0.105. The van der Waals surface area contributed by atoms with E-state index in [1.807, 2.05) is 62.4 Å². The van der Waals surface area contributed by atoms with Gasteiger partial charge in [0.05, 0.1) is 11.5 Å². The molecule has 0 atom stereocenters. The summed E-state index contributed by atoms with van der Waals surface area (Å²) < 4.78 is 59.3. The number of pyridine rings is 2. The number of hydrogen-bond acceptors (Lipinski definition) is 4. The predicted octanol–water partition coefficient (Wildman–Crippen LogP) is 10.7. The van der Waals surface area contributed by atoms with Gasteiger partial charge in [0.1, 0.15) is 11.6 Å². The van der Waals surface area contributed by atoms with Gasteiger partial charge in [0, 0.05) is 56.0 Å². The Balaban J connectivity index is 1.23. The zero-order chi connectivity index (χ0) is 33.3. The second-order valence-corrected chi connectivity index (χ2v) is 15.2. The lowest BCUT2D eigenvalue weighted by atomic mass is 9.95. The van der Waals surface area contributed by atoms with Crippen LogP contribution in [0.5, 0.6) is 0 Å². The number of sulfone groups is 1. The lowest BCUT2D eigenvalue weighted by molar-refractivity contribution is 0.581. The van der Waals surface area contributed by atoms with Crippen LogP contribution in [0.2, 0.25) is 0 Å². The van der Waals surface area contributed by atoms with Gasteiger partial charge in [0.2, 0.25) is 0 Å². The summed E-state index contributed by atoms with van der Waals surface area (Å²) in [5.74, 6) is -2.45. The van der Waals surface area contributed by atoms with Crippen LogP contribution in [-0.4, -0.2) is 18.4 Å². The number of nitrogens with zero attached hydrogens (tertiary/aromatic N) is 2. The maximum absolute atomic E-state index is 15.4. The highest BCUT2D eigenvalue weighted by atomic mass is 79.9. The molecule has 0 amide bonds. The summed E-state index contributed by atoms with van der Waals surface area (Å²) >= 11 is 7.05. The van der Waals surface area contributed by atoms with E-state index in [4.69, 9.17) is 0 Å². The molecule has 6 rings (SSSR count). The third kappa shape index (κ3) is 7.27. The van der Waals surface area contributed by atoms with Crippen molar-refractivity contribution in [3.8, 4) is 44.5 Å². The average Bonchev–Trinajstić information content (AvgIpc) is 3.05. The molecule has 0 saturated heterocycles. The Morgan fingerprint density at radius 1 is 0.553 bits per heavy atom. The minimum absolute atomic E-state index is 0.0143.